The molecular formula is C21H30N2O5S. The molecule has 2 fully saturated rings. The summed E-state index contributed by atoms with van der Waals surface area (Å²) in [5, 5.41) is 0. The van der Waals surface area contributed by atoms with Crippen LogP contribution in [0.1, 0.15) is 56.3 Å². The van der Waals surface area contributed by atoms with Gasteiger partial charge in [0.15, 0.2) is 6.61 Å². The average Bonchev–Trinajstić information content (AvgIpc) is 2.72. The van der Waals surface area contributed by atoms with Gasteiger partial charge in [-0.1, -0.05) is 13.3 Å². The smallest absolute Gasteiger partial charge is 0.338 e. The highest BCUT2D eigenvalue weighted by Gasteiger charge is 2.31. The number of rotatable bonds is 5. The molecule has 2 saturated heterocycles. The van der Waals surface area contributed by atoms with Gasteiger partial charge < -0.3 is 9.64 Å². The van der Waals surface area contributed by atoms with Crippen LogP contribution >= 0.6 is 0 Å². The second-order valence-corrected chi connectivity index (χ2v) is 10.0. The van der Waals surface area contributed by atoms with Crippen molar-refractivity contribution in [2.24, 2.45) is 5.92 Å². The monoisotopic (exact) mass is 422 g/mol. The number of carbonyl (C=O) groups is 2. The Hall–Kier alpha value is -1.93. The summed E-state index contributed by atoms with van der Waals surface area (Å²) in [5.41, 5.74) is 0.232. The molecule has 2 atom stereocenters. The van der Waals surface area contributed by atoms with Crippen LogP contribution in [-0.2, 0) is 19.6 Å². The zero-order valence-corrected chi connectivity index (χ0v) is 18.0. The fourth-order valence-electron chi connectivity index (χ4n) is 4.05. The molecule has 160 valence electrons. The van der Waals surface area contributed by atoms with E-state index < -0.39 is 16.0 Å². The lowest BCUT2D eigenvalue weighted by atomic mass is 10.0. The molecule has 7 nitrogen and oxygen atoms in total. The Balaban J connectivity index is 1.59. The van der Waals surface area contributed by atoms with Crippen LogP contribution < -0.4 is 0 Å². The van der Waals surface area contributed by atoms with Gasteiger partial charge >= 0.3 is 5.97 Å². The van der Waals surface area contributed by atoms with Crippen LogP contribution in [0.5, 0.6) is 0 Å². The zero-order valence-electron chi connectivity index (χ0n) is 17.2. The summed E-state index contributed by atoms with van der Waals surface area (Å²) < 4.78 is 32.4. The minimum absolute atomic E-state index is 0.0260. The summed E-state index contributed by atoms with van der Waals surface area (Å²) in [4.78, 5) is 26.4. The quantitative estimate of drug-likeness (QED) is 0.681. The first-order chi connectivity index (χ1) is 13.8. The second kappa shape index (κ2) is 9.26. The molecule has 0 bridgehead atoms. The Morgan fingerprint density at radius 1 is 1.03 bits per heavy atom. The Morgan fingerprint density at radius 2 is 1.76 bits per heavy atom. The van der Waals surface area contributed by atoms with E-state index in [9.17, 15) is 18.0 Å². The predicted molar refractivity (Wildman–Crippen MR) is 109 cm³/mol. The molecule has 0 aliphatic carbocycles. The number of esters is 1. The van der Waals surface area contributed by atoms with Crippen molar-refractivity contribution in [3.8, 4) is 0 Å². The van der Waals surface area contributed by atoms with Crippen LogP contribution in [0.25, 0.3) is 0 Å². The molecular weight excluding hydrogens is 392 g/mol. The van der Waals surface area contributed by atoms with Crippen LogP contribution in [0.2, 0.25) is 0 Å². The first-order valence-electron chi connectivity index (χ1n) is 10.4. The molecule has 1 amide bonds. The normalized spacial score (nSPS) is 23.6. The number of nitrogens with zero attached hydrogens (tertiary/aromatic N) is 2. The van der Waals surface area contributed by atoms with Crippen molar-refractivity contribution in [3.63, 3.8) is 0 Å². The summed E-state index contributed by atoms with van der Waals surface area (Å²) in [6.45, 7) is 5.63. The molecule has 0 aromatic heterocycles. The van der Waals surface area contributed by atoms with Crippen molar-refractivity contribution in [1.82, 2.24) is 9.21 Å². The summed E-state index contributed by atoms with van der Waals surface area (Å²) in [5.74, 6) is -0.359. The number of ether oxygens (including phenoxy) is 1. The number of amides is 1. The largest absolute Gasteiger partial charge is 0.452 e. The molecule has 2 aliphatic heterocycles. The molecule has 3 rings (SSSR count). The molecule has 0 radical (unpaired) electrons. The maximum Gasteiger partial charge on any atom is 0.338 e. The first kappa shape index (κ1) is 21.8. The maximum absolute atomic E-state index is 12.9. The molecule has 0 N–H and O–H groups in total. The minimum atomic E-state index is -3.58. The molecule has 2 aliphatic rings. The number of carbonyl (C=O) groups excluding carboxylic acids is 2. The topological polar surface area (TPSA) is 84.0 Å². The lowest BCUT2D eigenvalue weighted by Crippen LogP contribution is -2.41. The van der Waals surface area contributed by atoms with E-state index in [1.54, 1.807) is 4.90 Å². The van der Waals surface area contributed by atoms with Crippen LogP contribution in [0, 0.1) is 5.92 Å². The standard InChI is InChI=1S/C21H30N2O5S/c1-16-6-5-12-22(14-16)20(24)15-28-21(25)18-8-10-19(11-9-18)29(26,27)23-13-4-3-7-17(23)2/h8-11,16-17H,3-7,12-15H2,1-2H3/t16-,17-/m0/s1. The number of piperidine rings is 2. The maximum atomic E-state index is 12.9. The van der Waals surface area contributed by atoms with E-state index in [2.05, 4.69) is 6.92 Å². The molecule has 0 unspecified atom stereocenters. The highest BCUT2D eigenvalue weighted by Crippen LogP contribution is 2.25. The first-order valence-corrected chi connectivity index (χ1v) is 11.8. The van der Waals surface area contributed by atoms with E-state index in [4.69, 9.17) is 4.74 Å². The number of benzene rings is 1. The third-order valence-electron chi connectivity index (χ3n) is 5.78. The highest BCUT2D eigenvalue weighted by molar-refractivity contribution is 7.89. The van der Waals surface area contributed by atoms with E-state index in [1.807, 2.05) is 6.92 Å². The highest BCUT2D eigenvalue weighted by atomic mass is 32.2. The third kappa shape index (κ3) is 5.17. The SMILES string of the molecule is C[C@H]1CCCN(C(=O)COC(=O)c2ccc(S(=O)(=O)N3CCCC[C@@H]3C)cc2)C1. The number of hydrogen-bond donors (Lipinski definition) is 0. The van der Waals surface area contributed by atoms with E-state index >= 15 is 0 Å². The molecule has 0 saturated carbocycles. The van der Waals surface area contributed by atoms with E-state index in [0.717, 1.165) is 32.1 Å². The molecule has 1 aromatic rings. The van der Waals surface area contributed by atoms with E-state index in [-0.39, 0.29) is 29.0 Å². The average molecular weight is 423 g/mol. The van der Waals surface area contributed by atoms with Crippen LogP contribution in [0.15, 0.2) is 29.2 Å². The summed E-state index contributed by atoms with van der Waals surface area (Å²) >= 11 is 0. The van der Waals surface area contributed by atoms with Crippen LogP contribution in [0.3, 0.4) is 0 Å². The summed E-state index contributed by atoms with van der Waals surface area (Å²) in [7, 11) is -3.58. The lowest BCUT2D eigenvalue weighted by Gasteiger charge is -2.32. The van der Waals surface area contributed by atoms with Crippen molar-refractivity contribution in [3.05, 3.63) is 29.8 Å². The minimum Gasteiger partial charge on any atom is -0.452 e. The molecule has 29 heavy (non-hydrogen) atoms. The van der Waals surface area contributed by atoms with Crippen molar-refractivity contribution in [2.45, 2.75) is 56.9 Å². The van der Waals surface area contributed by atoms with Crippen LogP contribution in [-0.4, -0.2) is 61.8 Å². The van der Waals surface area contributed by atoms with Gasteiger partial charge in [0.2, 0.25) is 10.0 Å². The Labute approximate surface area is 173 Å². The number of sulfonamides is 1. The summed E-state index contributed by atoms with van der Waals surface area (Å²) in [6, 6.07) is 5.72. The van der Waals surface area contributed by atoms with Crippen molar-refractivity contribution >= 4 is 21.9 Å². The third-order valence-corrected chi connectivity index (χ3v) is 7.80. The Bertz CT molecular complexity index is 837. The van der Waals surface area contributed by atoms with Gasteiger partial charge in [-0.15, -0.1) is 0 Å². The molecule has 0 spiro atoms. The Morgan fingerprint density at radius 3 is 2.41 bits per heavy atom. The van der Waals surface area contributed by atoms with Gasteiger partial charge in [0.05, 0.1) is 10.5 Å². The van der Waals surface area contributed by atoms with E-state index in [1.165, 1.54) is 28.6 Å². The van der Waals surface area contributed by atoms with Gasteiger partial charge in [-0.2, -0.15) is 4.31 Å². The molecule has 1 aromatic carbocycles. The summed E-state index contributed by atoms with van der Waals surface area (Å²) in [6.07, 6.45) is 4.82. The zero-order chi connectivity index (χ0) is 21.0. The number of likely N-dealkylation sites (tertiary alicyclic amines) is 1. The van der Waals surface area contributed by atoms with Gasteiger partial charge in [-0.25, -0.2) is 13.2 Å². The van der Waals surface area contributed by atoms with Crippen LogP contribution in [0.4, 0.5) is 0 Å². The van der Waals surface area contributed by atoms with Gasteiger partial charge in [-0.3, -0.25) is 4.79 Å². The van der Waals surface area contributed by atoms with Crippen molar-refractivity contribution in [2.75, 3.05) is 26.2 Å². The Kier molecular flexibility index (Phi) is 6.95. The van der Waals surface area contributed by atoms with Gasteiger partial charge in [0, 0.05) is 25.7 Å². The van der Waals surface area contributed by atoms with Gasteiger partial charge in [-0.05, 0) is 62.8 Å². The number of hydrogen-bond acceptors (Lipinski definition) is 5. The predicted octanol–water partition coefficient (Wildman–Crippen LogP) is 2.67. The van der Waals surface area contributed by atoms with Crippen molar-refractivity contribution < 1.29 is 22.7 Å². The molecule has 8 heteroatoms. The molecule has 2 heterocycles. The lowest BCUT2D eigenvalue weighted by molar-refractivity contribution is -0.136. The van der Waals surface area contributed by atoms with Crippen molar-refractivity contribution in [1.29, 1.82) is 0 Å². The second-order valence-electron chi connectivity index (χ2n) is 8.15. The fourth-order valence-corrected chi connectivity index (χ4v) is 5.74. The van der Waals surface area contributed by atoms with Gasteiger partial charge in [0.25, 0.3) is 5.91 Å². The fraction of sp³-hybridized carbons (Fsp3) is 0.619. The van der Waals surface area contributed by atoms with Gasteiger partial charge in [0.1, 0.15) is 0 Å². The van der Waals surface area contributed by atoms with E-state index in [0.29, 0.717) is 25.6 Å².